The number of ether oxygens (including phenoxy) is 2. The van der Waals surface area contributed by atoms with Crippen molar-refractivity contribution in [2.24, 2.45) is 5.92 Å². The number of carbonyl (C=O) groups excluding carboxylic acids is 3. The van der Waals surface area contributed by atoms with Crippen molar-refractivity contribution in [1.82, 2.24) is 50.4 Å². The Balaban J connectivity index is 0.638. The van der Waals surface area contributed by atoms with E-state index in [1.54, 1.807) is 40.6 Å². The molecule has 4 aromatic heterocycles. The Labute approximate surface area is 509 Å². The summed E-state index contributed by atoms with van der Waals surface area (Å²) in [5.41, 5.74) is 6.17. The average molecular weight is 1210 g/mol. The normalized spacial score (nSPS) is 23.8. The number of benzene rings is 3. The molecule has 0 saturated carbocycles. The summed E-state index contributed by atoms with van der Waals surface area (Å²) >= 11 is 1.58. The molecule has 22 heteroatoms. The maximum Gasteiger partial charge on any atom is 0.409 e. The van der Waals surface area contributed by atoms with Crippen molar-refractivity contribution >= 4 is 62.6 Å². The van der Waals surface area contributed by atoms with Gasteiger partial charge in [0.1, 0.15) is 48.0 Å². The van der Waals surface area contributed by atoms with Gasteiger partial charge in [-0.05, 0) is 117 Å². The zero-order valence-electron chi connectivity index (χ0n) is 50.1. The highest BCUT2D eigenvalue weighted by atomic mass is 32.1. The molecule has 7 aliphatic rings. The summed E-state index contributed by atoms with van der Waals surface area (Å²) in [6, 6.07) is 18.3. The number of halogens is 1. The molecule has 0 radical (unpaired) electrons. The number of nitrogens with zero attached hydrogens (tertiary/aromatic N) is 10. The van der Waals surface area contributed by atoms with E-state index in [0.717, 1.165) is 103 Å². The predicted molar refractivity (Wildman–Crippen MR) is 329 cm³/mol. The van der Waals surface area contributed by atoms with Gasteiger partial charge in [-0.15, -0.1) is 11.3 Å². The number of aromatic hydroxyl groups is 1. The summed E-state index contributed by atoms with van der Waals surface area (Å²) < 4.78 is 36.2. The van der Waals surface area contributed by atoms with E-state index in [1.165, 1.54) is 4.90 Å². The molecule has 7 saturated heterocycles. The van der Waals surface area contributed by atoms with Gasteiger partial charge in [0.25, 0.3) is 0 Å². The molecule has 0 aliphatic carbocycles. The summed E-state index contributed by atoms with van der Waals surface area (Å²) in [4.78, 5) is 72.3. The van der Waals surface area contributed by atoms with Crippen LogP contribution in [0.4, 0.5) is 20.8 Å². The monoisotopic (exact) mass is 1200 g/mol. The quantitative estimate of drug-likeness (QED) is 0.0708. The van der Waals surface area contributed by atoms with Crippen LogP contribution in [-0.4, -0.2) is 169 Å². The Morgan fingerprint density at radius 3 is 2.57 bits per heavy atom. The first-order valence-electron chi connectivity index (χ1n) is 31.1. The minimum Gasteiger partial charge on any atom is -0.508 e. The fourth-order valence-electron chi connectivity index (χ4n) is 14.7. The van der Waals surface area contributed by atoms with Gasteiger partial charge in [0.05, 0.1) is 39.2 Å². The number of hydrogen-bond acceptors (Lipinski definition) is 18. The minimum absolute atomic E-state index is 0.0180. The molecular weight excluding hydrogens is 1130 g/mol. The van der Waals surface area contributed by atoms with Gasteiger partial charge < -0.3 is 54.4 Å². The lowest BCUT2D eigenvalue weighted by Gasteiger charge is -2.39. The van der Waals surface area contributed by atoms with E-state index in [0.29, 0.717) is 60.9 Å². The van der Waals surface area contributed by atoms with Crippen LogP contribution in [0.2, 0.25) is 0 Å². The highest BCUT2D eigenvalue weighted by Crippen LogP contribution is 2.45. The van der Waals surface area contributed by atoms with Gasteiger partial charge in [-0.3, -0.25) is 19.5 Å². The van der Waals surface area contributed by atoms with E-state index in [4.69, 9.17) is 28.9 Å². The van der Waals surface area contributed by atoms with Crippen LogP contribution in [0.1, 0.15) is 114 Å². The number of aryl methyl sites for hydroxylation is 2. The minimum atomic E-state index is -0.865. The number of likely N-dealkylation sites (tertiary alicyclic amines) is 1. The number of nitrogens with one attached hydrogen (secondary N) is 2. The molecule has 2 bridgehead atoms. The van der Waals surface area contributed by atoms with Crippen LogP contribution >= 0.6 is 11.3 Å². The number of phenolic OH excluding ortho intramolecular Hbond substituents is 1. The third-order valence-corrected chi connectivity index (χ3v) is 20.3. The zero-order chi connectivity index (χ0) is 60.3. The van der Waals surface area contributed by atoms with Crippen molar-refractivity contribution in [2.75, 3.05) is 75.4 Å². The Bertz CT molecular complexity index is 3700. The van der Waals surface area contributed by atoms with E-state index in [-0.39, 0.29) is 103 Å². The van der Waals surface area contributed by atoms with Crippen LogP contribution in [0.5, 0.6) is 11.8 Å². The molecule has 7 aromatic rings. The van der Waals surface area contributed by atoms with E-state index in [1.807, 2.05) is 80.6 Å². The number of rotatable bonds is 16. The number of hydrogen-bond donors (Lipinski definition) is 4. The van der Waals surface area contributed by atoms with Crippen molar-refractivity contribution in [1.29, 1.82) is 0 Å². The second kappa shape index (κ2) is 24.2. The fourth-order valence-corrected chi connectivity index (χ4v) is 15.5. The summed E-state index contributed by atoms with van der Waals surface area (Å²) in [7, 11) is 0. The molecule has 7 fully saturated rings. The third kappa shape index (κ3) is 11.3. The van der Waals surface area contributed by atoms with Crippen LogP contribution in [0.15, 0.2) is 76.9 Å². The van der Waals surface area contributed by atoms with Crippen molar-refractivity contribution in [2.45, 2.75) is 140 Å². The number of piperazine rings is 2. The zero-order valence-corrected chi connectivity index (χ0v) is 50.9. The van der Waals surface area contributed by atoms with E-state index in [2.05, 4.69) is 37.5 Å². The first-order chi connectivity index (χ1) is 42.1. The molecule has 7 aliphatic heterocycles. The second-order valence-corrected chi connectivity index (χ2v) is 25.9. The summed E-state index contributed by atoms with van der Waals surface area (Å²) in [6.45, 7) is 14.4. The van der Waals surface area contributed by atoms with Crippen molar-refractivity contribution in [3.05, 3.63) is 101 Å². The number of phenols is 1. The van der Waals surface area contributed by atoms with Gasteiger partial charge in [-0.25, -0.2) is 14.2 Å². The second-order valence-electron chi connectivity index (χ2n) is 25.1. The molecule has 3 amide bonds. The molecule has 20 nitrogen and oxygen atoms in total. The highest BCUT2D eigenvalue weighted by Gasteiger charge is 2.51. The predicted octanol–water partition coefficient (Wildman–Crippen LogP) is 8.92. The van der Waals surface area contributed by atoms with Gasteiger partial charge in [-0.1, -0.05) is 68.4 Å². The van der Waals surface area contributed by atoms with Crippen LogP contribution in [0, 0.1) is 18.7 Å². The molecule has 14 rings (SSSR count). The number of fused-ring (bicyclic) bond motifs is 7. The smallest absolute Gasteiger partial charge is 0.409 e. The van der Waals surface area contributed by atoms with Gasteiger partial charge in [0.2, 0.25) is 11.8 Å². The van der Waals surface area contributed by atoms with Crippen molar-refractivity contribution in [3.8, 4) is 33.5 Å². The van der Waals surface area contributed by atoms with Gasteiger partial charge >= 0.3 is 12.1 Å². The molecule has 3 aromatic carbocycles. The Morgan fingerprint density at radius 2 is 1.79 bits per heavy atom. The number of pyridine rings is 1. The van der Waals surface area contributed by atoms with Crippen LogP contribution in [0.25, 0.3) is 43.4 Å². The average Bonchev–Trinajstić information content (AvgIpc) is 1.39. The lowest BCUT2D eigenvalue weighted by atomic mass is 9.91. The Morgan fingerprint density at radius 1 is 0.966 bits per heavy atom. The molecular formula is C65H77FN12O8S. The lowest BCUT2D eigenvalue weighted by Crippen LogP contribution is -2.54. The SMILES string of the molecule is CCc1cccc2cc(O)cc(-c3ncc4c(N5CC6CCCC5CN6)nc(OC[C@@]56CCCN5[C@H](COC(=O)N5CCN(c7cc([C@H](C(=O)N8C[C@H](O)C[C@H]8C(=O)N[C@@H](C)c8ccc(-c9scnc9C)cc8)C(C)C)on7)CC5)CC6)nc4c3F)c12. The number of thiazole rings is 1. The number of amides is 3. The van der Waals surface area contributed by atoms with E-state index in [9.17, 15) is 24.6 Å². The largest absolute Gasteiger partial charge is 0.508 e. The standard InChI is InChI=1S/C65H77FN12O8S/c1-6-40-10-7-11-43-26-47(79)27-49(55(40)43)57-56(66)58-50(31-68-57)60(76-32-44-12-8-13-45(76)30-67-44)72-63(71-58)85-35-65-19-9-21-78(65)46(18-20-65)34-84-64(83)75-24-22-74(23-25-75)53-29-52(86-73-53)54(37(2)3)62(82)77-33-48(80)28-51(77)61(81)70-38(4)41-14-16-42(17-15-41)59-39(5)69-36-87-59/h7,10-11,14-17,26-27,29,31,36-38,44-46,48,51,54,67,79-80H,6,8-9,12-13,18-25,28,30,32-35H2,1-5H3,(H,70,81)/t38-,44?,45?,46-,48+,51-,54+,65-/m0/s1. The first kappa shape index (κ1) is 58.5. The molecule has 2 unspecified atom stereocenters. The Hall–Kier alpha value is -7.53. The molecule has 87 heavy (non-hydrogen) atoms. The number of aliphatic hydroxyl groups is 1. The van der Waals surface area contributed by atoms with Crippen molar-refractivity contribution in [3.63, 3.8) is 0 Å². The van der Waals surface area contributed by atoms with Crippen LogP contribution in [-0.2, 0) is 20.7 Å². The number of β-amino-alcohol motifs (C(OH)–C–C–N with tert-alkyl or cyclic N) is 1. The number of aromatic nitrogens is 5. The van der Waals surface area contributed by atoms with Gasteiger partial charge in [0, 0.05) is 88.2 Å². The third-order valence-electron chi connectivity index (χ3n) is 19.4. The van der Waals surface area contributed by atoms with Crippen LogP contribution in [0.3, 0.4) is 0 Å². The van der Waals surface area contributed by atoms with E-state index >= 15 is 4.39 Å². The summed E-state index contributed by atoms with van der Waals surface area (Å²) in [5, 5.41) is 35.1. The molecule has 4 N–H and O–H groups in total. The molecule has 8 atom stereocenters. The number of aliphatic hydroxyl groups excluding tert-OH is 1. The molecule has 11 heterocycles. The van der Waals surface area contributed by atoms with Gasteiger partial charge in [0.15, 0.2) is 17.4 Å². The molecule has 0 spiro atoms. The number of carbonyl (C=O) groups is 3. The maximum absolute atomic E-state index is 17.5. The Kier molecular flexibility index (Phi) is 16.3. The van der Waals surface area contributed by atoms with Gasteiger partial charge in [-0.2, -0.15) is 9.97 Å². The maximum atomic E-state index is 17.5. The first-order valence-corrected chi connectivity index (χ1v) is 31.9. The van der Waals surface area contributed by atoms with E-state index < -0.39 is 23.9 Å². The summed E-state index contributed by atoms with van der Waals surface area (Å²) in [5.74, 6) is -0.663. The summed E-state index contributed by atoms with van der Waals surface area (Å²) in [6.07, 6.45) is 7.85. The topological polar surface area (TPSA) is 228 Å². The highest BCUT2D eigenvalue weighted by molar-refractivity contribution is 7.13. The number of anilines is 2. The fraction of sp³-hybridized carbons (Fsp3) is 0.508. The lowest BCUT2D eigenvalue weighted by molar-refractivity contribution is -0.141. The molecule has 458 valence electrons. The van der Waals surface area contributed by atoms with Crippen LogP contribution < -0.4 is 25.2 Å². The van der Waals surface area contributed by atoms with Crippen molar-refractivity contribution < 1.29 is 43.0 Å².